The zero-order valence-corrected chi connectivity index (χ0v) is 75.1. The second-order valence-corrected chi connectivity index (χ2v) is 36.2. The first-order chi connectivity index (χ1) is 61.8. The highest BCUT2D eigenvalue weighted by atomic mass is 16.7. The van der Waals surface area contributed by atoms with Crippen molar-refractivity contribution in [2.75, 3.05) is 49.4 Å². The Morgan fingerprint density at radius 3 is 0.508 bits per heavy atom. The van der Waals surface area contributed by atoms with Gasteiger partial charge in [-0.15, -0.1) is 0 Å². The lowest BCUT2D eigenvalue weighted by Gasteiger charge is -2.32. The topological polar surface area (TPSA) is 117 Å². The van der Waals surface area contributed by atoms with Crippen LogP contribution in [-0.2, 0) is 55.9 Å². The average Bonchev–Trinajstić information content (AvgIpc) is 1.63. The molecule has 12 aromatic carbocycles. The molecule has 6 heterocycles. The lowest BCUT2D eigenvalue weighted by atomic mass is 9.79. The maximum Gasteiger partial charge on any atom is 0.494 e. The van der Waals surface area contributed by atoms with Gasteiger partial charge in [-0.3, -0.25) is 0 Å². The lowest BCUT2D eigenvalue weighted by molar-refractivity contribution is 0.00578. The molecule has 0 bridgehead atoms. The van der Waals surface area contributed by atoms with E-state index in [0.29, 0.717) is 39.6 Å². The van der Waals surface area contributed by atoms with Crippen molar-refractivity contribution in [2.24, 2.45) is 0 Å². The highest BCUT2D eigenvalue weighted by Crippen LogP contribution is 2.42. The molecule has 14 nitrogen and oxygen atoms in total. The van der Waals surface area contributed by atoms with Crippen LogP contribution in [0.5, 0.6) is 0 Å². The SMILES string of the molecule is C(=C\c1cccc(B2OCCO2)c1)/c1ccc(N(c2ccc(/C=C/c3cccc(B4OCCO4)c3)cc2)c2ccc(/C=C/c3cccc(B4OCCO4)c3)cc2)cc1.CC1(C)OB(c2ccc(/C=C/c3ccc(N(c4ccc(/C=C/c5ccc(B6OC(C)(C)C(C)(C)O6)cc5)cc4)c4ccc(/C=C/c5ccc(B6OC(C)(C)C(C)(C)O6)cc5)cc4)cc3)cc2)OC1(C)C. The molecule has 0 N–H and O–H groups in total. The van der Waals surface area contributed by atoms with Crippen LogP contribution in [0.2, 0.25) is 0 Å². The molecule has 6 saturated heterocycles. The van der Waals surface area contributed by atoms with E-state index in [9.17, 15) is 0 Å². The largest absolute Gasteiger partial charge is 0.494 e. The van der Waals surface area contributed by atoms with Crippen molar-refractivity contribution in [3.05, 3.63) is 358 Å². The van der Waals surface area contributed by atoms with Gasteiger partial charge in [0.15, 0.2) is 0 Å². The summed E-state index contributed by atoms with van der Waals surface area (Å²) >= 11 is 0. The number of benzene rings is 12. The zero-order chi connectivity index (χ0) is 88.6. The molecule has 6 aliphatic heterocycles. The molecule has 20 heteroatoms. The van der Waals surface area contributed by atoms with E-state index in [1.165, 1.54) is 0 Å². The maximum absolute atomic E-state index is 6.27. The van der Waals surface area contributed by atoms with Crippen LogP contribution in [0, 0.1) is 0 Å². The van der Waals surface area contributed by atoms with Gasteiger partial charge in [-0.2, -0.15) is 0 Å². The van der Waals surface area contributed by atoms with Crippen LogP contribution in [0.25, 0.3) is 72.9 Å². The van der Waals surface area contributed by atoms with Crippen molar-refractivity contribution in [3.8, 4) is 0 Å². The maximum atomic E-state index is 6.27. The van der Waals surface area contributed by atoms with Gasteiger partial charge in [0.05, 0.1) is 73.2 Å². The first kappa shape index (κ1) is 88.6. The first-order valence-corrected chi connectivity index (χ1v) is 44.4. The van der Waals surface area contributed by atoms with E-state index in [2.05, 4.69) is 421 Å². The second-order valence-electron chi connectivity index (χ2n) is 36.2. The number of hydrogen-bond donors (Lipinski definition) is 0. The molecule has 0 atom stereocenters. The molecule has 0 saturated carbocycles. The van der Waals surface area contributed by atoms with E-state index in [1.54, 1.807) is 0 Å². The Labute approximate surface area is 757 Å². The summed E-state index contributed by atoms with van der Waals surface area (Å²) in [6, 6.07) is 102. The molecule has 0 radical (unpaired) electrons. The van der Waals surface area contributed by atoms with Crippen LogP contribution in [0.1, 0.15) is 150 Å². The third-order valence-corrected chi connectivity index (χ3v) is 25.5. The van der Waals surface area contributed by atoms with E-state index in [1.807, 2.05) is 36.4 Å². The van der Waals surface area contributed by atoms with Gasteiger partial charge >= 0.3 is 42.7 Å². The standard InChI is InChI=1S/C60H66B3NO6.C48H42B3NO6/c1-55(2)56(3,4)66-61(65-55)49-31-19-43(20-32-49)13-16-46-25-37-52(38-26-46)64(53-39-27-47(28-40-53)17-14-44-21-33-50(34-22-44)62-67-57(5,6)58(7,8)68-62)54-41-29-48(30-42-54)18-15-45-23-35-51(36-24-45)63-69-59(9,10)60(11,12)70-63;1-4-40(34-43(7-1)49-53-28-29-54-49)13-10-37-16-22-46(23-17-37)52(47-24-18-38(19-25-47)11-14-41-5-2-8-44(35-41)50-55-30-31-56-50)48-26-20-39(21-27-48)12-15-42-6-3-9-45(36-42)51-57-32-33-58-51/h13-42H,1-12H3;1-27,34-36H,28-33H2/b16-13+,17-14+,18-15+;13-10+,14-11+,15-12+. The molecule has 18 rings (SSSR count). The van der Waals surface area contributed by atoms with Gasteiger partial charge in [-0.25, -0.2) is 0 Å². The Balaban J connectivity index is 0.000000183. The van der Waals surface area contributed by atoms with E-state index < -0.39 is 0 Å². The molecular weight excluding hydrogens is 1580 g/mol. The zero-order valence-electron chi connectivity index (χ0n) is 75.1. The molecule has 6 aliphatic rings. The molecule has 0 spiro atoms. The summed E-state index contributed by atoms with van der Waals surface area (Å²) in [7, 11) is -2.01. The van der Waals surface area contributed by atoms with Crippen LogP contribution in [-0.4, -0.2) is 116 Å². The fourth-order valence-corrected chi connectivity index (χ4v) is 15.8. The number of anilines is 6. The van der Waals surface area contributed by atoms with E-state index in [-0.39, 0.29) is 76.3 Å². The van der Waals surface area contributed by atoms with Crippen molar-refractivity contribution < 1.29 is 55.9 Å². The van der Waals surface area contributed by atoms with Crippen molar-refractivity contribution in [1.29, 1.82) is 0 Å². The summed E-state index contributed by atoms with van der Waals surface area (Å²) in [5.41, 5.74) is 23.5. The van der Waals surface area contributed by atoms with Gasteiger partial charge < -0.3 is 65.7 Å². The third-order valence-electron chi connectivity index (χ3n) is 25.5. The highest BCUT2D eigenvalue weighted by molar-refractivity contribution is 6.64. The third kappa shape index (κ3) is 21.1. The predicted octanol–water partition coefficient (Wildman–Crippen LogP) is 20.5. The fourth-order valence-electron chi connectivity index (χ4n) is 15.8. The Kier molecular flexibility index (Phi) is 26.6. The van der Waals surface area contributed by atoms with Crippen molar-refractivity contribution in [3.63, 3.8) is 0 Å². The molecule has 128 heavy (non-hydrogen) atoms. The summed E-state index contributed by atoms with van der Waals surface area (Å²) in [6.07, 6.45) is 25.7. The van der Waals surface area contributed by atoms with Crippen molar-refractivity contribution >= 4 is 183 Å². The quantitative estimate of drug-likeness (QED) is 0.0422. The van der Waals surface area contributed by atoms with Gasteiger partial charge in [0.1, 0.15) is 0 Å². The molecule has 6 fully saturated rings. The molecule has 0 aromatic heterocycles. The summed E-state index contributed by atoms with van der Waals surface area (Å²) < 4.78 is 71.8. The van der Waals surface area contributed by atoms with E-state index in [0.717, 1.165) is 134 Å². The molecule has 0 unspecified atom stereocenters. The fraction of sp³-hybridized carbons (Fsp3) is 0.222. The van der Waals surface area contributed by atoms with E-state index in [4.69, 9.17) is 55.9 Å². The van der Waals surface area contributed by atoms with E-state index >= 15 is 0 Å². The summed E-state index contributed by atoms with van der Waals surface area (Å²) in [4.78, 5) is 4.58. The Hall–Kier alpha value is -11.4. The number of rotatable bonds is 24. The second kappa shape index (κ2) is 38.5. The van der Waals surface area contributed by atoms with Crippen molar-refractivity contribution in [1.82, 2.24) is 0 Å². The van der Waals surface area contributed by atoms with Crippen LogP contribution in [0.3, 0.4) is 0 Å². The van der Waals surface area contributed by atoms with Gasteiger partial charge in [-0.1, -0.05) is 291 Å². The highest BCUT2D eigenvalue weighted by Gasteiger charge is 2.54. The Morgan fingerprint density at radius 2 is 0.336 bits per heavy atom. The molecule has 12 aromatic rings. The van der Waals surface area contributed by atoms with Gasteiger partial charge in [0.25, 0.3) is 0 Å². The van der Waals surface area contributed by atoms with Crippen LogP contribution < -0.4 is 42.6 Å². The minimum absolute atomic E-state index is 0.289. The monoisotopic (exact) mass is 1690 g/mol. The molecule has 0 amide bonds. The smallest absolute Gasteiger partial charge is 0.405 e. The van der Waals surface area contributed by atoms with Gasteiger partial charge in [0, 0.05) is 34.1 Å². The lowest BCUT2D eigenvalue weighted by Crippen LogP contribution is -2.41. The summed E-state index contributed by atoms with van der Waals surface area (Å²) in [6.45, 7) is 28.7. The van der Waals surface area contributed by atoms with Crippen LogP contribution in [0.4, 0.5) is 34.1 Å². The minimum Gasteiger partial charge on any atom is -0.405 e. The summed E-state index contributed by atoms with van der Waals surface area (Å²) in [5.74, 6) is 0. The Bertz CT molecular complexity index is 5350. The van der Waals surface area contributed by atoms with Crippen molar-refractivity contribution in [2.45, 2.75) is 117 Å². The van der Waals surface area contributed by atoms with Gasteiger partial charge in [0.2, 0.25) is 0 Å². The summed E-state index contributed by atoms with van der Waals surface area (Å²) in [5, 5.41) is 0. The molecule has 0 aliphatic carbocycles. The van der Waals surface area contributed by atoms with Crippen LogP contribution in [0.15, 0.2) is 291 Å². The number of hydrogen-bond acceptors (Lipinski definition) is 14. The normalized spacial score (nSPS) is 18.0. The Morgan fingerprint density at radius 1 is 0.180 bits per heavy atom. The number of nitrogens with zero attached hydrogens (tertiary/aromatic N) is 2. The first-order valence-electron chi connectivity index (χ1n) is 44.4. The predicted molar refractivity (Wildman–Crippen MR) is 533 cm³/mol. The average molecular weight is 1690 g/mol. The minimum atomic E-state index is -0.380. The molecular formula is C108H108B6N2O12. The molecule has 640 valence electrons. The van der Waals surface area contributed by atoms with Crippen LogP contribution >= 0.6 is 0 Å². The van der Waals surface area contributed by atoms with Gasteiger partial charge in [-0.05, 0) is 255 Å².